The number of terminal acetylenes is 1. The first-order valence-corrected chi connectivity index (χ1v) is 8.53. The number of nitrogens with zero attached hydrogens (tertiary/aromatic N) is 2. The Morgan fingerprint density at radius 1 is 1.35 bits per heavy atom. The van der Waals surface area contributed by atoms with Gasteiger partial charge >= 0.3 is 0 Å². The molecular weight excluding hydrogens is 358 g/mol. The number of ether oxygens (including phenoxy) is 1. The fourth-order valence-electron chi connectivity index (χ4n) is 2.39. The van der Waals surface area contributed by atoms with E-state index in [2.05, 4.69) is 10.9 Å². The summed E-state index contributed by atoms with van der Waals surface area (Å²) in [4.78, 5) is 16.6. The molecule has 0 fully saturated rings. The van der Waals surface area contributed by atoms with Gasteiger partial charge in [0.15, 0.2) is 16.7 Å². The maximum atomic E-state index is 14.2. The molecule has 0 aliphatic heterocycles. The first kappa shape index (κ1) is 17.8. The third kappa shape index (κ3) is 3.65. The van der Waals surface area contributed by atoms with Gasteiger partial charge in [0.2, 0.25) is 0 Å². The second-order valence-corrected chi connectivity index (χ2v) is 6.44. The van der Waals surface area contributed by atoms with Crippen LogP contribution in [0.2, 0.25) is 0 Å². The predicted octanol–water partition coefficient (Wildman–Crippen LogP) is 3.51. The lowest BCUT2D eigenvalue weighted by Crippen LogP contribution is -2.26. The molecule has 0 bridgehead atoms. The summed E-state index contributed by atoms with van der Waals surface area (Å²) in [5.74, 6) is 0.915. The van der Waals surface area contributed by atoms with Crippen molar-refractivity contribution in [1.82, 2.24) is 4.57 Å². The third-order valence-corrected chi connectivity index (χ3v) is 4.58. The van der Waals surface area contributed by atoms with Gasteiger partial charge in [-0.25, -0.2) is 8.78 Å². The van der Waals surface area contributed by atoms with Crippen molar-refractivity contribution in [2.75, 3.05) is 0 Å². The van der Waals surface area contributed by atoms with E-state index in [0.29, 0.717) is 10.4 Å². The van der Waals surface area contributed by atoms with Crippen LogP contribution in [0.4, 0.5) is 8.78 Å². The minimum absolute atomic E-state index is 0.00257. The zero-order valence-corrected chi connectivity index (χ0v) is 14.6. The van der Waals surface area contributed by atoms with Crippen LogP contribution in [0.25, 0.3) is 10.2 Å². The van der Waals surface area contributed by atoms with Gasteiger partial charge < -0.3 is 9.30 Å². The Bertz CT molecular complexity index is 1060. The molecule has 1 atom stereocenters. The highest BCUT2D eigenvalue weighted by molar-refractivity contribution is 7.16. The molecule has 1 aromatic heterocycles. The van der Waals surface area contributed by atoms with Crippen molar-refractivity contribution in [3.8, 4) is 18.1 Å². The smallest absolute Gasteiger partial charge is 0.289 e. The van der Waals surface area contributed by atoms with Gasteiger partial charge in [-0.15, -0.1) is 6.42 Å². The molecule has 1 unspecified atom stereocenters. The Hall–Kier alpha value is -2.98. The SMILES string of the molecule is C#CCn1c(=NC(=O)C(C)Oc2ccccc2)sc2cc(F)cc(F)c21. The van der Waals surface area contributed by atoms with Crippen LogP contribution >= 0.6 is 11.3 Å². The van der Waals surface area contributed by atoms with Gasteiger partial charge in [-0.1, -0.05) is 35.5 Å². The molecule has 132 valence electrons. The summed E-state index contributed by atoms with van der Waals surface area (Å²) in [5.41, 5.74) is 0.123. The summed E-state index contributed by atoms with van der Waals surface area (Å²) >= 11 is 0.989. The third-order valence-electron chi connectivity index (χ3n) is 3.55. The maximum Gasteiger partial charge on any atom is 0.289 e. The monoisotopic (exact) mass is 372 g/mol. The number of aromatic nitrogens is 1. The number of para-hydroxylation sites is 1. The van der Waals surface area contributed by atoms with E-state index in [1.54, 1.807) is 31.2 Å². The first-order chi connectivity index (χ1) is 12.5. The van der Waals surface area contributed by atoms with Crippen molar-refractivity contribution < 1.29 is 18.3 Å². The van der Waals surface area contributed by atoms with Crippen LogP contribution in [0, 0.1) is 24.0 Å². The number of carbonyl (C=O) groups excluding carboxylic acids is 1. The first-order valence-electron chi connectivity index (χ1n) is 7.71. The summed E-state index contributed by atoms with van der Waals surface area (Å²) < 4.78 is 34.9. The lowest BCUT2D eigenvalue weighted by molar-refractivity contribution is -0.124. The van der Waals surface area contributed by atoms with Crippen molar-refractivity contribution in [1.29, 1.82) is 0 Å². The molecule has 0 radical (unpaired) electrons. The summed E-state index contributed by atoms with van der Waals surface area (Å²) in [6.07, 6.45) is 4.49. The van der Waals surface area contributed by atoms with Gasteiger partial charge in [-0.05, 0) is 25.1 Å². The van der Waals surface area contributed by atoms with Crippen molar-refractivity contribution >= 4 is 27.5 Å². The summed E-state index contributed by atoms with van der Waals surface area (Å²) in [6.45, 7) is 1.57. The number of carbonyl (C=O) groups is 1. The Kier molecular flexibility index (Phi) is 5.14. The van der Waals surface area contributed by atoms with Gasteiger partial charge in [-0.2, -0.15) is 4.99 Å². The highest BCUT2D eigenvalue weighted by Gasteiger charge is 2.17. The van der Waals surface area contributed by atoms with E-state index >= 15 is 0 Å². The van der Waals surface area contributed by atoms with E-state index < -0.39 is 23.6 Å². The van der Waals surface area contributed by atoms with E-state index in [4.69, 9.17) is 11.2 Å². The average molecular weight is 372 g/mol. The molecule has 2 aromatic carbocycles. The van der Waals surface area contributed by atoms with Crippen LogP contribution in [0.5, 0.6) is 5.75 Å². The minimum Gasteiger partial charge on any atom is -0.481 e. The molecule has 3 aromatic rings. The second-order valence-electron chi connectivity index (χ2n) is 5.43. The molecule has 26 heavy (non-hydrogen) atoms. The number of amides is 1. The zero-order chi connectivity index (χ0) is 18.7. The number of hydrogen-bond donors (Lipinski definition) is 0. The second kappa shape index (κ2) is 7.50. The van der Waals surface area contributed by atoms with E-state index in [1.165, 1.54) is 10.6 Å². The molecule has 0 aliphatic carbocycles. The number of thiazole rings is 1. The standard InChI is InChI=1S/C19H14F2N2O2S/c1-3-9-23-17-15(21)10-13(20)11-16(17)26-19(23)22-18(24)12(2)25-14-7-5-4-6-8-14/h1,4-8,10-12H,9H2,2H3. The van der Waals surface area contributed by atoms with Gasteiger partial charge in [0.05, 0.1) is 16.8 Å². The fourth-order valence-corrected chi connectivity index (χ4v) is 3.47. The van der Waals surface area contributed by atoms with Gasteiger partial charge in [0, 0.05) is 6.07 Å². The molecule has 3 rings (SSSR count). The number of benzene rings is 2. The molecule has 1 amide bonds. The van der Waals surface area contributed by atoms with E-state index in [1.807, 2.05) is 6.07 Å². The Morgan fingerprint density at radius 2 is 2.08 bits per heavy atom. The van der Waals surface area contributed by atoms with E-state index in [-0.39, 0.29) is 16.9 Å². The summed E-state index contributed by atoms with van der Waals surface area (Å²) in [5, 5.41) is 0. The number of hydrogen-bond acceptors (Lipinski definition) is 3. The molecule has 7 heteroatoms. The Balaban J connectivity index is 2.00. The van der Waals surface area contributed by atoms with Crippen molar-refractivity contribution in [2.45, 2.75) is 19.6 Å². The topological polar surface area (TPSA) is 43.6 Å². The van der Waals surface area contributed by atoms with Crippen LogP contribution in [-0.4, -0.2) is 16.6 Å². The van der Waals surface area contributed by atoms with Gasteiger partial charge in [-0.3, -0.25) is 4.79 Å². The van der Waals surface area contributed by atoms with Crippen LogP contribution in [0.1, 0.15) is 6.92 Å². The maximum absolute atomic E-state index is 14.2. The van der Waals surface area contributed by atoms with Gasteiger partial charge in [0.25, 0.3) is 5.91 Å². The Morgan fingerprint density at radius 3 is 2.77 bits per heavy atom. The largest absolute Gasteiger partial charge is 0.481 e. The summed E-state index contributed by atoms with van der Waals surface area (Å²) in [6, 6.07) is 10.8. The average Bonchev–Trinajstić information content (AvgIpc) is 2.93. The van der Waals surface area contributed by atoms with Crippen LogP contribution in [0.15, 0.2) is 47.5 Å². The molecule has 0 saturated heterocycles. The normalized spacial score (nSPS) is 12.8. The van der Waals surface area contributed by atoms with Crippen LogP contribution < -0.4 is 9.54 Å². The molecule has 0 aliphatic rings. The van der Waals surface area contributed by atoms with E-state index in [9.17, 15) is 13.6 Å². The summed E-state index contributed by atoms with van der Waals surface area (Å²) in [7, 11) is 0. The van der Waals surface area contributed by atoms with Crippen molar-refractivity contribution in [3.05, 3.63) is 58.9 Å². The number of halogens is 2. The Labute approximate surface area is 152 Å². The lowest BCUT2D eigenvalue weighted by Gasteiger charge is -2.10. The molecule has 0 saturated carbocycles. The molecular formula is C19H14F2N2O2S. The minimum atomic E-state index is -0.844. The highest BCUT2D eigenvalue weighted by Crippen LogP contribution is 2.22. The number of fused-ring (bicyclic) bond motifs is 1. The zero-order valence-electron chi connectivity index (χ0n) is 13.8. The quantitative estimate of drug-likeness (QED) is 0.658. The highest BCUT2D eigenvalue weighted by atomic mass is 32.1. The van der Waals surface area contributed by atoms with Crippen molar-refractivity contribution in [2.24, 2.45) is 4.99 Å². The number of rotatable bonds is 4. The fraction of sp³-hybridized carbons (Fsp3) is 0.158. The van der Waals surface area contributed by atoms with Crippen molar-refractivity contribution in [3.63, 3.8) is 0 Å². The van der Waals surface area contributed by atoms with Crippen LogP contribution in [0.3, 0.4) is 0 Å². The molecule has 0 N–H and O–H groups in total. The molecule has 0 spiro atoms. The lowest BCUT2D eigenvalue weighted by atomic mass is 10.3. The predicted molar refractivity (Wildman–Crippen MR) is 95.7 cm³/mol. The van der Waals surface area contributed by atoms with E-state index in [0.717, 1.165) is 17.4 Å². The van der Waals surface area contributed by atoms with Crippen LogP contribution in [-0.2, 0) is 11.3 Å². The molecule has 1 heterocycles. The molecule has 4 nitrogen and oxygen atoms in total. The van der Waals surface area contributed by atoms with Gasteiger partial charge in [0.1, 0.15) is 11.6 Å².